The first-order chi connectivity index (χ1) is 7.38. The molecule has 0 unspecified atom stereocenters. The van der Waals surface area contributed by atoms with Gasteiger partial charge in [0.1, 0.15) is 5.82 Å². The number of pyridine rings is 1. The van der Waals surface area contributed by atoms with E-state index >= 15 is 0 Å². The van der Waals surface area contributed by atoms with E-state index in [1.165, 1.54) is 32.5 Å². The van der Waals surface area contributed by atoms with Crippen LogP contribution in [0.15, 0.2) is 24.4 Å². The van der Waals surface area contributed by atoms with Gasteiger partial charge in [0, 0.05) is 25.3 Å². The third-order valence-corrected chi connectivity index (χ3v) is 3.05. The van der Waals surface area contributed by atoms with Crippen molar-refractivity contribution in [2.75, 3.05) is 25.0 Å². The molecule has 0 bridgehead atoms. The summed E-state index contributed by atoms with van der Waals surface area (Å²) in [7, 11) is 0. The summed E-state index contributed by atoms with van der Waals surface area (Å²) in [6.07, 6.45) is 4.29. The smallest absolute Gasteiger partial charge is 0.126 e. The number of hydrogen-bond acceptors (Lipinski definition) is 3. The van der Waals surface area contributed by atoms with Crippen LogP contribution in [0, 0.1) is 0 Å². The number of anilines is 1. The van der Waals surface area contributed by atoms with Gasteiger partial charge in [0.15, 0.2) is 0 Å². The molecule has 15 heavy (non-hydrogen) atoms. The van der Waals surface area contributed by atoms with Crippen LogP contribution in [0.4, 0.5) is 5.82 Å². The second-order valence-corrected chi connectivity index (χ2v) is 4.07. The van der Waals surface area contributed by atoms with Gasteiger partial charge in [-0.05, 0) is 31.5 Å². The molecule has 1 aliphatic rings. The quantitative estimate of drug-likeness (QED) is 0.818. The molecule has 1 aliphatic heterocycles. The van der Waals surface area contributed by atoms with E-state index in [0.29, 0.717) is 6.04 Å². The van der Waals surface area contributed by atoms with Crippen molar-refractivity contribution in [2.45, 2.75) is 25.8 Å². The second-order valence-electron chi connectivity index (χ2n) is 4.07. The topological polar surface area (TPSA) is 28.2 Å². The summed E-state index contributed by atoms with van der Waals surface area (Å²) in [4.78, 5) is 6.78. The normalized spacial score (nSPS) is 19.0. The number of rotatable bonds is 3. The van der Waals surface area contributed by atoms with Gasteiger partial charge in [-0.25, -0.2) is 4.98 Å². The molecule has 3 heteroatoms. The van der Waals surface area contributed by atoms with Crippen molar-refractivity contribution in [3.05, 3.63) is 24.4 Å². The van der Waals surface area contributed by atoms with Crippen molar-refractivity contribution in [1.82, 2.24) is 9.88 Å². The molecule has 0 spiro atoms. The van der Waals surface area contributed by atoms with Crippen LogP contribution in [0.25, 0.3) is 0 Å². The maximum absolute atomic E-state index is 4.29. The molecule has 1 aromatic rings. The highest BCUT2D eigenvalue weighted by atomic mass is 15.1. The first-order valence-corrected chi connectivity index (χ1v) is 5.78. The van der Waals surface area contributed by atoms with E-state index in [0.717, 1.165) is 5.82 Å². The molecule has 0 aliphatic carbocycles. The Labute approximate surface area is 91.5 Å². The standard InChI is InChI=1S/C12H19N3/c1-2-15-9-6-11(7-10-15)14-12-5-3-4-8-13-12/h3-5,8,11H,2,6-7,9-10H2,1H3,(H,13,14). The Morgan fingerprint density at radius 1 is 1.40 bits per heavy atom. The number of hydrogen-bond donors (Lipinski definition) is 1. The first kappa shape index (κ1) is 10.4. The average molecular weight is 205 g/mol. The van der Waals surface area contributed by atoms with Crippen LogP contribution in [-0.4, -0.2) is 35.6 Å². The molecule has 0 atom stereocenters. The lowest BCUT2D eigenvalue weighted by Gasteiger charge is -2.31. The van der Waals surface area contributed by atoms with Crippen LogP contribution in [0.1, 0.15) is 19.8 Å². The van der Waals surface area contributed by atoms with E-state index in [2.05, 4.69) is 22.1 Å². The molecule has 1 fully saturated rings. The van der Waals surface area contributed by atoms with Gasteiger partial charge in [-0.1, -0.05) is 13.0 Å². The third kappa shape index (κ3) is 2.93. The highest BCUT2D eigenvalue weighted by Crippen LogP contribution is 2.14. The molecular weight excluding hydrogens is 186 g/mol. The Morgan fingerprint density at radius 3 is 2.80 bits per heavy atom. The van der Waals surface area contributed by atoms with Crippen LogP contribution in [0.3, 0.4) is 0 Å². The number of likely N-dealkylation sites (tertiary alicyclic amines) is 1. The van der Waals surface area contributed by atoms with Crippen molar-refractivity contribution in [3.8, 4) is 0 Å². The molecule has 82 valence electrons. The number of nitrogens with one attached hydrogen (secondary N) is 1. The van der Waals surface area contributed by atoms with E-state index in [9.17, 15) is 0 Å². The summed E-state index contributed by atoms with van der Waals surface area (Å²) in [5.74, 6) is 1.01. The lowest BCUT2D eigenvalue weighted by atomic mass is 10.1. The SMILES string of the molecule is CCN1CCC(Nc2ccccn2)CC1. The predicted molar refractivity (Wildman–Crippen MR) is 63.0 cm³/mol. The van der Waals surface area contributed by atoms with Crippen LogP contribution < -0.4 is 5.32 Å². The molecule has 1 aromatic heterocycles. The Kier molecular flexibility index (Phi) is 3.56. The Morgan fingerprint density at radius 2 is 2.20 bits per heavy atom. The average Bonchev–Trinajstić information content (AvgIpc) is 2.31. The monoisotopic (exact) mass is 205 g/mol. The van der Waals surface area contributed by atoms with Gasteiger partial charge >= 0.3 is 0 Å². The summed E-state index contributed by atoms with van der Waals surface area (Å²) in [6, 6.07) is 6.61. The van der Waals surface area contributed by atoms with E-state index < -0.39 is 0 Å². The summed E-state index contributed by atoms with van der Waals surface area (Å²) >= 11 is 0. The summed E-state index contributed by atoms with van der Waals surface area (Å²) in [5.41, 5.74) is 0. The summed E-state index contributed by atoms with van der Waals surface area (Å²) in [6.45, 7) is 5.82. The molecule has 0 radical (unpaired) electrons. The van der Waals surface area contributed by atoms with E-state index in [1.54, 1.807) is 0 Å². The zero-order chi connectivity index (χ0) is 10.5. The van der Waals surface area contributed by atoms with Gasteiger partial charge in [-0.3, -0.25) is 0 Å². The fourth-order valence-electron chi connectivity index (χ4n) is 2.05. The lowest BCUT2D eigenvalue weighted by molar-refractivity contribution is 0.229. The van der Waals surface area contributed by atoms with Crippen LogP contribution in [0.2, 0.25) is 0 Å². The third-order valence-electron chi connectivity index (χ3n) is 3.05. The predicted octanol–water partition coefficient (Wildman–Crippen LogP) is 1.98. The molecule has 3 nitrogen and oxygen atoms in total. The molecule has 0 amide bonds. The van der Waals surface area contributed by atoms with E-state index in [1.807, 2.05) is 24.4 Å². The maximum atomic E-state index is 4.29. The first-order valence-electron chi connectivity index (χ1n) is 5.78. The zero-order valence-electron chi connectivity index (χ0n) is 9.32. The second kappa shape index (κ2) is 5.12. The van der Waals surface area contributed by atoms with Crippen molar-refractivity contribution < 1.29 is 0 Å². The van der Waals surface area contributed by atoms with Crippen molar-refractivity contribution in [2.24, 2.45) is 0 Å². The Hall–Kier alpha value is -1.09. The fourth-order valence-corrected chi connectivity index (χ4v) is 2.05. The minimum absolute atomic E-state index is 0.600. The lowest BCUT2D eigenvalue weighted by Crippen LogP contribution is -2.38. The Bertz CT molecular complexity index is 278. The Balaban J connectivity index is 1.82. The van der Waals surface area contributed by atoms with Crippen molar-refractivity contribution >= 4 is 5.82 Å². The van der Waals surface area contributed by atoms with Gasteiger partial charge < -0.3 is 10.2 Å². The van der Waals surface area contributed by atoms with Gasteiger partial charge in [0.25, 0.3) is 0 Å². The molecule has 0 saturated carbocycles. The van der Waals surface area contributed by atoms with E-state index in [-0.39, 0.29) is 0 Å². The van der Waals surface area contributed by atoms with Gasteiger partial charge in [0.2, 0.25) is 0 Å². The summed E-state index contributed by atoms with van der Waals surface area (Å²) in [5, 5.41) is 3.49. The molecule has 2 rings (SSSR count). The van der Waals surface area contributed by atoms with Gasteiger partial charge in [-0.15, -0.1) is 0 Å². The molecule has 1 saturated heterocycles. The van der Waals surface area contributed by atoms with Crippen molar-refractivity contribution in [3.63, 3.8) is 0 Å². The minimum atomic E-state index is 0.600. The van der Waals surface area contributed by atoms with Crippen LogP contribution >= 0.6 is 0 Å². The van der Waals surface area contributed by atoms with Crippen LogP contribution in [-0.2, 0) is 0 Å². The maximum Gasteiger partial charge on any atom is 0.126 e. The molecule has 0 aromatic carbocycles. The van der Waals surface area contributed by atoms with Gasteiger partial charge in [0.05, 0.1) is 0 Å². The fraction of sp³-hybridized carbons (Fsp3) is 0.583. The highest BCUT2D eigenvalue weighted by molar-refractivity contribution is 5.34. The molecule has 1 N–H and O–H groups in total. The molecule has 2 heterocycles. The van der Waals surface area contributed by atoms with Gasteiger partial charge in [-0.2, -0.15) is 0 Å². The highest BCUT2D eigenvalue weighted by Gasteiger charge is 2.17. The number of aromatic nitrogens is 1. The molecular formula is C12H19N3. The minimum Gasteiger partial charge on any atom is -0.367 e. The summed E-state index contributed by atoms with van der Waals surface area (Å²) < 4.78 is 0. The largest absolute Gasteiger partial charge is 0.367 e. The van der Waals surface area contributed by atoms with E-state index in [4.69, 9.17) is 0 Å². The number of nitrogens with zero attached hydrogens (tertiary/aromatic N) is 2. The van der Waals surface area contributed by atoms with Crippen molar-refractivity contribution in [1.29, 1.82) is 0 Å². The van der Waals surface area contributed by atoms with Crippen LogP contribution in [0.5, 0.6) is 0 Å². The zero-order valence-corrected chi connectivity index (χ0v) is 9.32. The number of piperidine rings is 1.